The van der Waals surface area contributed by atoms with Crippen molar-refractivity contribution in [3.05, 3.63) is 54.1 Å². The van der Waals surface area contributed by atoms with Crippen LogP contribution in [0.4, 0.5) is 4.39 Å². The van der Waals surface area contributed by atoms with E-state index in [9.17, 15) is 0 Å². The number of aromatic nitrogens is 2. The molecular weight excluding hydrogens is 409 g/mol. The molecule has 5 rings (SSSR count). The SMILES string of the molecule is CCNC1(COc2cc3nccc(Oc4ccc5[nH]c(C)cc5c4F)c3cc2OC)CC1. The minimum absolute atomic E-state index is 0.0554. The number of hydrogen-bond donors (Lipinski definition) is 2. The zero-order valence-electron chi connectivity index (χ0n) is 18.4. The molecule has 32 heavy (non-hydrogen) atoms. The minimum atomic E-state index is -0.401. The summed E-state index contributed by atoms with van der Waals surface area (Å²) in [5, 5.41) is 4.71. The molecule has 0 spiro atoms. The lowest BCUT2D eigenvalue weighted by atomic mass is 10.1. The fourth-order valence-corrected chi connectivity index (χ4v) is 4.09. The van der Waals surface area contributed by atoms with Gasteiger partial charge in [-0.05, 0) is 56.6 Å². The number of nitrogens with zero attached hydrogens (tertiary/aromatic N) is 1. The van der Waals surface area contributed by atoms with Crippen LogP contribution in [0.1, 0.15) is 25.5 Å². The number of H-pyrrole nitrogens is 1. The number of aromatic amines is 1. The maximum Gasteiger partial charge on any atom is 0.175 e. The van der Waals surface area contributed by atoms with E-state index in [0.29, 0.717) is 40.1 Å². The molecule has 0 atom stereocenters. The number of halogens is 1. The fourth-order valence-electron chi connectivity index (χ4n) is 4.09. The first-order chi connectivity index (χ1) is 15.5. The van der Waals surface area contributed by atoms with Crippen LogP contribution in [0, 0.1) is 12.7 Å². The average molecular weight is 435 g/mol. The molecule has 0 unspecified atom stereocenters. The highest BCUT2D eigenvalue weighted by Gasteiger charge is 2.42. The van der Waals surface area contributed by atoms with Crippen LogP contribution < -0.4 is 19.5 Å². The molecule has 0 aliphatic heterocycles. The summed E-state index contributed by atoms with van der Waals surface area (Å²) in [5.41, 5.74) is 2.37. The van der Waals surface area contributed by atoms with Gasteiger partial charge in [-0.1, -0.05) is 6.92 Å². The van der Waals surface area contributed by atoms with Crippen molar-refractivity contribution in [2.45, 2.75) is 32.2 Å². The molecule has 0 amide bonds. The van der Waals surface area contributed by atoms with Crippen molar-refractivity contribution in [2.24, 2.45) is 0 Å². The summed E-state index contributed by atoms with van der Waals surface area (Å²) in [6.07, 6.45) is 3.85. The van der Waals surface area contributed by atoms with Gasteiger partial charge in [-0.25, -0.2) is 4.39 Å². The highest BCUT2D eigenvalue weighted by Crippen LogP contribution is 2.40. The molecule has 4 aromatic rings. The molecule has 2 aromatic heterocycles. The first-order valence-corrected chi connectivity index (χ1v) is 10.8. The number of benzene rings is 2. The van der Waals surface area contributed by atoms with Crippen LogP contribution in [0.3, 0.4) is 0 Å². The number of methoxy groups -OCH3 is 1. The van der Waals surface area contributed by atoms with Crippen LogP contribution >= 0.6 is 0 Å². The molecule has 0 radical (unpaired) electrons. The highest BCUT2D eigenvalue weighted by atomic mass is 19.1. The molecule has 2 aromatic carbocycles. The van der Waals surface area contributed by atoms with E-state index in [2.05, 4.69) is 22.2 Å². The summed E-state index contributed by atoms with van der Waals surface area (Å²) in [7, 11) is 1.60. The molecule has 1 saturated carbocycles. The standard InChI is InChI=1S/C25H26FN3O3/c1-4-28-25(8-9-25)14-31-23-13-19-16(12-22(23)30-3)20(7-10-27-19)32-21-6-5-18-17(24(21)26)11-15(2)29-18/h5-7,10-13,28-29H,4,8-9,14H2,1-3H3. The monoisotopic (exact) mass is 435 g/mol. The van der Waals surface area contributed by atoms with E-state index in [4.69, 9.17) is 14.2 Å². The van der Waals surface area contributed by atoms with Gasteiger partial charge in [0.1, 0.15) is 12.4 Å². The maximum atomic E-state index is 15.0. The number of likely N-dealkylation sites (N-methyl/N-ethyl adjacent to an activating group) is 1. The van der Waals surface area contributed by atoms with Crippen molar-refractivity contribution in [1.82, 2.24) is 15.3 Å². The molecule has 1 fully saturated rings. The number of ether oxygens (including phenoxy) is 3. The van der Waals surface area contributed by atoms with E-state index in [1.807, 2.05) is 25.1 Å². The van der Waals surface area contributed by atoms with E-state index >= 15 is 4.39 Å². The Kier molecular flexibility index (Phi) is 5.13. The Morgan fingerprint density at radius 1 is 1.06 bits per heavy atom. The Balaban J connectivity index is 1.47. The van der Waals surface area contributed by atoms with Crippen LogP contribution in [-0.4, -0.2) is 35.8 Å². The number of aryl methyl sites for hydroxylation is 1. The maximum absolute atomic E-state index is 15.0. The zero-order chi connectivity index (χ0) is 22.3. The minimum Gasteiger partial charge on any atom is -0.493 e. The van der Waals surface area contributed by atoms with E-state index in [0.717, 1.165) is 30.6 Å². The normalized spacial score (nSPS) is 14.6. The van der Waals surface area contributed by atoms with Crippen molar-refractivity contribution < 1.29 is 18.6 Å². The van der Waals surface area contributed by atoms with E-state index < -0.39 is 5.82 Å². The topological polar surface area (TPSA) is 68.4 Å². The van der Waals surface area contributed by atoms with Gasteiger partial charge in [0.2, 0.25) is 0 Å². The van der Waals surface area contributed by atoms with Gasteiger partial charge in [0.15, 0.2) is 23.1 Å². The summed E-state index contributed by atoms with van der Waals surface area (Å²) in [6.45, 7) is 5.47. The lowest BCUT2D eigenvalue weighted by Gasteiger charge is -2.19. The van der Waals surface area contributed by atoms with Crippen LogP contribution in [0.15, 0.2) is 42.6 Å². The molecule has 166 valence electrons. The van der Waals surface area contributed by atoms with Crippen LogP contribution in [0.2, 0.25) is 0 Å². The molecule has 7 heteroatoms. The first-order valence-electron chi connectivity index (χ1n) is 10.8. The number of hydrogen-bond acceptors (Lipinski definition) is 5. The number of fused-ring (bicyclic) bond motifs is 2. The average Bonchev–Trinajstić information content (AvgIpc) is 3.45. The van der Waals surface area contributed by atoms with Crippen molar-refractivity contribution in [3.8, 4) is 23.0 Å². The van der Waals surface area contributed by atoms with Crippen molar-refractivity contribution >= 4 is 21.8 Å². The summed E-state index contributed by atoms with van der Waals surface area (Å²) in [5.74, 6) is 1.47. The predicted molar refractivity (Wildman–Crippen MR) is 122 cm³/mol. The Bertz CT molecular complexity index is 1300. The van der Waals surface area contributed by atoms with Crippen LogP contribution in [-0.2, 0) is 0 Å². The lowest BCUT2D eigenvalue weighted by Crippen LogP contribution is -2.36. The summed E-state index contributed by atoms with van der Waals surface area (Å²) in [6, 6.07) is 10.6. The molecule has 0 saturated heterocycles. The quantitative estimate of drug-likeness (QED) is 0.383. The zero-order valence-corrected chi connectivity index (χ0v) is 18.4. The lowest BCUT2D eigenvalue weighted by molar-refractivity contribution is 0.243. The second-order valence-electron chi connectivity index (χ2n) is 8.32. The second kappa shape index (κ2) is 7.98. The highest BCUT2D eigenvalue weighted by molar-refractivity contribution is 5.89. The van der Waals surface area contributed by atoms with E-state index in [1.54, 1.807) is 31.5 Å². The van der Waals surface area contributed by atoms with Crippen molar-refractivity contribution in [3.63, 3.8) is 0 Å². The van der Waals surface area contributed by atoms with Crippen LogP contribution in [0.25, 0.3) is 21.8 Å². The molecule has 2 heterocycles. The smallest absolute Gasteiger partial charge is 0.175 e. The molecule has 6 nitrogen and oxygen atoms in total. The Labute approximate surface area is 185 Å². The fraction of sp³-hybridized carbons (Fsp3) is 0.320. The van der Waals surface area contributed by atoms with Gasteiger partial charge in [-0.2, -0.15) is 0 Å². The van der Waals surface area contributed by atoms with Crippen LogP contribution in [0.5, 0.6) is 23.0 Å². The number of nitrogens with one attached hydrogen (secondary N) is 2. The molecule has 0 bridgehead atoms. The molecular formula is C25H26FN3O3. The van der Waals surface area contributed by atoms with Gasteiger partial charge < -0.3 is 24.5 Å². The van der Waals surface area contributed by atoms with Crippen molar-refractivity contribution in [2.75, 3.05) is 20.3 Å². The third kappa shape index (κ3) is 3.73. The first kappa shape index (κ1) is 20.6. The van der Waals surface area contributed by atoms with Gasteiger partial charge in [0.25, 0.3) is 0 Å². The Morgan fingerprint density at radius 2 is 1.91 bits per heavy atom. The van der Waals surface area contributed by atoms with Gasteiger partial charge in [-0.3, -0.25) is 4.98 Å². The predicted octanol–water partition coefficient (Wildman–Crippen LogP) is 5.49. The van der Waals surface area contributed by atoms with Gasteiger partial charge >= 0.3 is 0 Å². The summed E-state index contributed by atoms with van der Waals surface area (Å²) >= 11 is 0. The van der Waals surface area contributed by atoms with E-state index in [1.165, 1.54) is 0 Å². The third-order valence-electron chi connectivity index (χ3n) is 5.95. The van der Waals surface area contributed by atoms with Gasteiger partial charge in [0.05, 0.1) is 18.2 Å². The third-order valence-corrected chi connectivity index (χ3v) is 5.95. The Morgan fingerprint density at radius 3 is 2.66 bits per heavy atom. The van der Waals surface area contributed by atoms with Gasteiger partial charge in [0, 0.05) is 34.2 Å². The summed E-state index contributed by atoms with van der Waals surface area (Å²) in [4.78, 5) is 7.60. The van der Waals surface area contributed by atoms with E-state index in [-0.39, 0.29) is 11.3 Å². The molecule has 1 aliphatic rings. The largest absolute Gasteiger partial charge is 0.493 e. The molecule has 2 N–H and O–H groups in total. The summed E-state index contributed by atoms with van der Waals surface area (Å²) < 4.78 is 32.7. The second-order valence-corrected chi connectivity index (χ2v) is 8.32. The Hall–Kier alpha value is -3.32. The van der Waals surface area contributed by atoms with Crippen molar-refractivity contribution in [1.29, 1.82) is 0 Å². The van der Waals surface area contributed by atoms with Gasteiger partial charge in [-0.15, -0.1) is 0 Å². The number of pyridine rings is 1. The number of rotatable bonds is 8. The molecule has 1 aliphatic carbocycles.